The fraction of sp³-hybridized carbons (Fsp3) is 0.619. The summed E-state index contributed by atoms with van der Waals surface area (Å²) in [4.78, 5) is 26.6. The van der Waals surface area contributed by atoms with Crippen molar-refractivity contribution in [3.63, 3.8) is 0 Å². The van der Waals surface area contributed by atoms with E-state index < -0.39 is 0 Å². The van der Waals surface area contributed by atoms with Crippen LogP contribution in [0, 0.1) is 23.7 Å². The van der Waals surface area contributed by atoms with Crippen molar-refractivity contribution < 1.29 is 4.79 Å². The number of carbonyl (C=O) groups is 1. The molecular formula is C21H31N3O2. The summed E-state index contributed by atoms with van der Waals surface area (Å²) in [5, 5.41) is 3.08. The summed E-state index contributed by atoms with van der Waals surface area (Å²) in [6, 6.07) is 7.64. The number of fused-ring (bicyclic) bond motifs is 1. The summed E-state index contributed by atoms with van der Waals surface area (Å²) in [6.07, 6.45) is 3.12. The molecular weight excluding hydrogens is 326 g/mol. The van der Waals surface area contributed by atoms with Crippen LogP contribution >= 0.6 is 0 Å². The van der Waals surface area contributed by atoms with Gasteiger partial charge in [-0.1, -0.05) is 39.3 Å². The summed E-state index contributed by atoms with van der Waals surface area (Å²) in [5.41, 5.74) is 1.37. The van der Waals surface area contributed by atoms with Gasteiger partial charge >= 0.3 is 5.69 Å². The second-order valence-electron chi connectivity index (χ2n) is 8.13. The summed E-state index contributed by atoms with van der Waals surface area (Å²) in [6.45, 7) is 7.86. The highest BCUT2D eigenvalue weighted by Gasteiger charge is 2.37. The Balaban J connectivity index is 2.07. The van der Waals surface area contributed by atoms with Crippen molar-refractivity contribution in [1.82, 2.24) is 14.5 Å². The van der Waals surface area contributed by atoms with Crippen molar-refractivity contribution in [3.8, 4) is 0 Å². The van der Waals surface area contributed by atoms with E-state index in [0.29, 0.717) is 30.8 Å². The van der Waals surface area contributed by atoms with Gasteiger partial charge in [-0.2, -0.15) is 0 Å². The molecule has 1 fully saturated rings. The third-order valence-corrected chi connectivity index (χ3v) is 5.98. The van der Waals surface area contributed by atoms with E-state index in [9.17, 15) is 9.59 Å². The number of nitrogens with zero attached hydrogens (tertiary/aromatic N) is 2. The van der Waals surface area contributed by atoms with Crippen LogP contribution in [0.3, 0.4) is 0 Å². The lowest BCUT2D eigenvalue weighted by Crippen LogP contribution is -2.40. The second kappa shape index (κ2) is 7.78. The fourth-order valence-electron chi connectivity index (χ4n) is 4.51. The van der Waals surface area contributed by atoms with Gasteiger partial charge in [0.25, 0.3) is 0 Å². The minimum atomic E-state index is -0.202. The number of carbonyl (C=O) groups excluding carboxylic acids is 1. The lowest BCUT2D eigenvalue weighted by Gasteiger charge is -2.36. The van der Waals surface area contributed by atoms with Gasteiger partial charge in [0.05, 0.1) is 11.0 Å². The molecule has 3 rings (SSSR count). The Morgan fingerprint density at radius 3 is 2.58 bits per heavy atom. The smallest absolute Gasteiger partial charge is 0.318 e. The van der Waals surface area contributed by atoms with Gasteiger partial charge in [0, 0.05) is 19.0 Å². The zero-order valence-corrected chi connectivity index (χ0v) is 16.4. The molecule has 1 aromatic heterocycles. The SMILES string of the molecule is CNCCn1c(=O)n(C(=O)[C@@H]2C[C@H](C)CC[C@H]2C(C)C)c2ccccc21. The Hall–Kier alpha value is -1.88. The van der Waals surface area contributed by atoms with Gasteiger partial charge in [-0.3, -0.25) is 9.36 Å². The first-order chi connectivity index (χ1) is 12.5. The Kier molecular flexibility index (Phi) is 5.66. The zero-order valence-electron chi connectivity index (χ0n) is 16.4. The van der Waals surface area contributed by atoms with Crippen LogP contribution in [-0.2, 0) is 6.54 Å². The van der Waals surface area contributed by atoms with Crippen LogP contribution in [0.1, 0.15) is 44.8 Å². The van der Waals surface area contributed by atoms with E-state index in [4.69, 9.17) is 0 Å². The quantitative estimate of drug-likeness (QED) is 0.892. The van der Waals surface area contributed by atoms with Crippen molar-refractivity contribution in [2.24, 2.45) is 23.7 Å². The minimum Gasteiger partial charge on any atom is -0.318 e. The van der Waals surface area contributed by atoms with E-state index in [2.05, 4.69) is 26.1 Å². The van der Waals surface area contributed by atoms with E-state index in [1.165, 1.54) is 11.0 Å². The molecule has 1 aliphatic rings. The highest BCUT2D eigenvalue weighted by atomic mass is 16.2. The predicted octanol–water partition coefficient (Wildman–Crippen LogP) is 3.37. The van der Waals surface area contributed by atoms with Crippen molar-refractivity contribution in [2.45, 2.75) is 46.6 Å². The van der Waals surface area contributed by atoms with Crippen LogP contribution in [0.5, 0.6) is 0 Å². The minimum absolute atomic E-state index is 0.0142. The highest BCUT2D eigenvalue weighted by Crippen LogP contribution is 2.39. The molecule has 3 atom stereocenters. The third-order valence-electron chi connectivity index (χ3n) is 5.98. The maximum absolute atomic E-state index is 13.5. The maximum atomic E-state index is 13.5. The lowest BCUT2D eigenvalue weighted by atomic mass is 9.69. The Bertz CT molecular complexity index is 833. The molecule has 142 valence electrons. The van der Waals surface area contributed by atoms with Gasteiger partial charge < -0.3 is 5.32 Å². The first kappa shape index (κ1) is 18.9. The number of likely N-dealkylation sites (N-methyl/N-ethyl adjacent to an activating group) is 1. The number of benzene rings is 1. The topological polar surface area (TPSA) is 56.0 Å². The van der Waals surface area contributed by atoms with Gasteiger partial charge in [-0.25, -0.2) is 9.36 Å². The van der Waals surface area contributed by atoms with Crippen LogP contribution < -0.4 is 11.0 Å². The molecule has 0 saturated heterocycles. The molecule has 0 aliphatic heterocycles. The van der Waals surface area contributed by atoms with Gasteiger partial charge in [0.15, 0.2) is 0 Å². The van der Waals surface area contributed by atoms with Crippen LogP contribution in [0.25, 0.3) is 11.0 Å². The first-order valence-corrected chi connectivity index (χ1v) is 9.84. The van der Waals surface area contributed by atoms with Gasteiger partial charge in [-0.15, -0.1) is 0 Å². The molecule has 0 spiro atoms. The van der Waals surface area contributed by atoms with Crippen molar-refractivity contribution in [1.29, 1.82) is 0 Å². The summed E-state index contributed by atoms with van der Waals surface area (Å²) >= 11 is 0. The maximum Gasteiger partial charge on any atom is 0.336 e. The van der Waals surface area contributed by atoms with E-state index in [0.717, 1.165) is 23.9 Å². The van der Waals surface area contributed by atoms with Crippen molar-refractivity contribution in [2.75, 3.05) is 13.6 Å². The summed E-state index contributed by atoms with van der Waals surface area (Å²) in [7, 11) is 1.87. The number of hydrogen-bond acceptors (Lipinski definition) is 3. The molecule has 0 unspecified atom stereocenters. The van der Waals surface area contributed by atoms with Crippen molar-refractivity contribution in [3.05, 3.63) is 34.7 Å². The van der Waals surface area contributed by atoms with E-state index in [1.807, 2.05) is 31.3 Å². The number of aromatic nitrogens is 2. The molecule has 1 heterocycles. The monoisotopic (exact) mass is 357 g/mol. The molecule has 2 aromatic rings. The molecule has 1 saturated carbocycles. The molecule has 0 bridgehead atoms. The number of imidazole rings is 1. The first-order valence-electron chi connectivity index (χ1n) is 9.84. The average molecular weight is 357 g/mol. The Labute approximate surface area is 155 Å². The standard InChI is InChI=1S/C21H31N3O2/c1-14(2)16-10-9-15(3)13-17(16)20(25)24-19-8-6-5-7-18(19)23(21(24)26)12-11-22-4/h5-8,14-17,22H,9-13H2,1-4H3/t15-,16+,17-/m1/s1. The van der Waals surface area contributed by atoms with Gasteiger partial charge in [0.2, 0.25) is 5.91 Å². The molecule has 5 nitrogen and oxygen atoms in total. The average Bonchev–Trinajstić information content (AvgIpc) is 2.90. The number of para-hydroxylation sites is 2. The molecule has 5 heteroatoms. The van der Waals surface area contributed by atoms with Crippen LogP contribution in [0.15, 0.2) is 29.1 Å². The van der Waals surface area contributed by atoms with Crippen LogP contribution in [0.4, 0.5) is 0 Å². The zero-order chi connectivity index (χ0) is 18.8. The van der Waals surface area contributed by atoms with E-state index >= 15 is 0 Å². The number of hydrogen-bond donors (Lipinski definition) is 1. The van der Waals surface area contributed by atoms with Crippen molar-refractivity contribution >= 4 is 16.9 Å². The van der Waals surface area contributed by atoms with E-state index in [1.54, 1.807) is 4.57 Å². The van der Waals surface area contributed by atoms with Crippen LogP contribution in [0.2, 0.25) is 0 Å². The van der Waals surface area contributed by atoms with Gasteiger partial charge in [-0.05, 0) is 49.8 Å². The van der Waals surface area contributed by atoms with Gasteiger partial charge in [0.1, 0.15) is 0 Å². The normalized spacial score (nSPS) is 23.7. The molecule has 1 aliphatic carbocycles. The van der Waals surface area contributed by atoms with E-state index in [-0.39, 0.29) is 17.5 Å². The third kappa shape index (κ3) is 3.37. The second-order valence-corrected chi connectivity index (χ2v) is 8.13. The number of nitrogens with one attached hydrogen (secondary N) is 1. The molecule has 1 N–H and O–H groups in total. The largest absolute Gasteiger partial charge is 0.336 e. The highest BCUT2D eigenvalue weighted by molar-refractivity contribution is 5.92. The molecule has 26 heavy (non-hydrogen) atoms. The molecule has 0 radical (unpaired) electrons. The summed E-state index contributed by atoms with van der Waals surface area (Å²) < 4.78 is 3.17. The fourth-order valence-corrected chi connectivity index (χ4v) is 4.51. The predicted molar refractivity (Wildman–Crippen MR) is 106 cm³/mol. The Morgan fingerprint density at radius 1 is 1.23 bits per heavy atom. The lowest BCUT2D eigenvalue weighted by molar-refractivity contribution is 0.0633. The Morgan fingerprint density at radius 2 is 1.92 bits per heavy atom. The number of rotatable bonds is 5. The summed E-state index contributed by atoms with van der Waals surface area (Å²) in [5.74, 6) is 1.25. The molecule has 1 aromatic carbocycles. The van der Waals surface area contributed by atoms with Crippen LogP contribution in [-0.4, -0.2) is 28.6 Å². The molecule has 0 amide bonds.